The Labute approximate surface area is 544 Å². The van der Waals surface area contributed by atoms with Gasteiger partial charge in [-0.2, -0.15) is 0 Å². The topological polar surface area (TPSA) is 217 Å². The summed E-state index contributed by atoms with van der Waals surface area (Å²) in [4.78, 5) is 55.8. The van der Waals surface area contributed by atoms with E-state index in [-0.39, 0.29) is 39.8 Å². The molecule has 15 rings (SSSR count). The van der Waals surface area contributed by atoms with Gasteiger partial charge in [-0.25, -0.2) is 33.9 Å². The Bertz CT molecular complexity index is 2770. The van der Waals surface area contributed by atoms with Crippen molar-refractivity contribution in [1.29, 1.82) is 0 Å². The van der Waals surface area contributed by atoms with Crippen LogP contribution in [0.15, 0.2) is 121 Å². The molecule has 0 N–H and O–H groups in total. The first-order valence-corrected chi connectivity index (χ1v) is 33.3. The highest BCUT2D eigenvalue weighted by Crippen LogP contribution is 2.70. The zero-order valence-corrected chi connectivity index (χ0v) is 57.4. The average Bonchev–Trinajstić information content (AvgIpc) is 0.696. The molecule has 8 aliphatic carbocycles. The molecule has 0 radical (unpaired) electrons. The molecule has 2 aliphatic heterocycles. The minimum Gasteiger partial charge on any atom is -0.872 e. The fourth-order valence-electron chi connectivity index (χ4n) is 14.6. The van der Waals surface area contributed by atoms with E-state index in [0.29, 0.717) is 40.4 Å². The smallest absolute Gasteiger partial charge is 0.337 e. The van der Waals surface area contributed by atoms with Crippen LogP contribution in [0.25, 0.3) is 0 Å². The number of carbonyl (C=O) groups excluding carboxylic acids is 3. The van der Waals surface area contributed by atoms with Crippen molar-refractivity contribution in [3.05, 3.63) is 149 Å². The van der Waals surface area contributed by atoms with E-state index in [9.17, 15) is 34.8 Å². The highest BCUT2D eigenvalue weighted by Gasteiger charge is 2.75. The van der Waals surface area contributed by atoms with Crippen molar-refractivity contribution in [1.82, 2.24) is 0 Å². The maximum Gasteiger partial charge on any atom is 0.337 e. The van der Waals surface area contributed by atoms with Gasteiger partial charge in [0.15, 0.2) is 11.2 Å². The van der Waals surface area contributed by atoms with Gasteiger partial charge in [0.25, 0.3) is 0 Å². The molecule has 8 bridgehead atoms. The van der Waals surface area contributed by atoms with E-state index < -0.39 is 23.5 Å². The molecule has 2 spiro atoms. The summed E-state index contributed by atoms with van der Waals surface area (Å²) < 4.78 is 18.7. The second-order valence-corrected chi connectivity index (χ2v) is 25.4. The molecule has 91 heavy (non-hydrogen) atoms. The van der Waals surface area contributed by atoms with Gasteiger partial charge in [0.2, 0.25) is 0 Å². The second-order valence-electron chi connectivity index (χ2n) is 25.4. The van der Waals surface area contributed by atoms with Crippen LogP contribution in [0.5, 0.6) is 28.7 Å². The van der Waals surface area contributed by atoms with Crippen molar-refractivity contribution in [2.45, 2.75) is 202 Å². The van der Waals surface area contributed by atoms with Crippen molar-refractivity contribution < 1.29 is 73.3 Å². The summed E-state index contributed by atoms with van der Waals surface area (Å²) in [5.74, 6) is 5.14. The Hall–Kier alpha value is -6.65. The molecule has 0 amide bonds. The van der Waals surface area contributed by atoms with Gasteiger partial charge in [0, 0.05) is 0 Å². The average molecular weight is 1260 g/mol. The first kappa shape index (κ1) is 76.8. The molecule has 2 saturated heterocycles. The molecule has 5 aromatic rings. The minimum absolute atomic E-state index is 0.0585. The molecular weight excluding hydrogens is 1150 g/mol. The van der Waals surface area contributed by atoms with Gasteiger partial charge in [0.05, 0.1) is 45.1 Å². The maximum absolute atomic E-state index is 11.8. The number of benzene rings is 5. The SMILES string of the molecule is CC1(c2cccc([O-])c2)OOC12C1CC3CC(C1)CC2C3.CCC.CCC.CCC.CCC.CCC.COC(=O)c1cccc([O-])c1.COC(=O)c1cccc([O-])c1.COC(=O)c1cccc([O-])c1.COc1cccc(C2(C)OOC23C2CC4CC(C2)CC3C4)c1. The lowest BCUT2D eigenvalue weighted by Crippen LogP contribution is -2.74. The summed E-state index contributed by atoms with van der Waals surface area (Å²) in [5, 5.41) is 43.9. The molecule has 2 atom stereocenters. The highest BCUT2D eigenvalue weighted by atomic mass is 17.3. The number of esters is 3. The molecule has 504 valence electrons. The third kappa shape index (κ3) is 18.8. The third-order valence-corrected chi connectivity index (χ3v) is 17.7. The van der Waals surface area contributed by atoms with E-state index in [1.807, 2.05) is 18.2 Å². The molecule has 8 saturated carbocycles. The fourth-order valence-corrected chi connectivity index (χ4v) is 14.6. The van der Waals surface area contributed by atoms with E-state index in [1.165, 1.54) is 196 Å². The number of hydrogen-bond acceptors (Lipinski definition) is 15. The number of ether oxygens (including phenoxy) is 4. The van der Waals surface area contributed by atoms with Crippen LogP contribution < -0.4 is 25.2 Å². The molecule has 2 heterocycles. The summed E-state index contributed by atoms with van der Waals surface area (Å²) in [6, 6.07) is 32.6. The summed E-state index contributed by atoms with van der Waals surface area (Å²) in [7, 11) is 5.55. The lowest BCUT2D eigenvalue weighted by atomic mass is 9.45. The van der Waals surface area contributed by atoms with E-state index in [1.54, 1.807) is 19.2 Å². The first-order chi connectivity index (χ1) is 43.6. The lowest BCUT2D eigenvalue weighted by Gasteiger charge is -2.69. The molecule has 5 aromatic carbocycles. The molecule has 10 fully saturated rings. The van der Waals surface area contributed by atoms with Crippen LogP contribution in [0.1, 0.15) is 222 Å². The number of methoxy groups -OCH3 is 4. The van der Waals surface area contributed by atoms with Gasteiger partial charge in [-0.05, 0) is 167 Å². The zero-order valence-electron chi connectivity index (χ0n) is 57.4. The maximum atomic E-state index is 11.8. The van der Waals surface area contributed by atoms with Crippen LogP contribution in [0.3, 0.4) is 0 Å². The van der Waals surface area contributed by atoms with Crippen molar-refractivity contribution in [2.24, 2.45) is 47.3 Å². The normalized spacial score (nSPS) is 27.6. The Morgan fingerprint density at radius 1 is 0.374 bits per heavy atom. The Balaban J connectivity index is 0.000000237. The van der Waals surface area contributed by atoms with Crippen LogP contribution in [-0.4, -0.2) is 57.5 Å². The molecule has 2 unspecified atom stereocenters. The van der Waals surface area contributed by atoms with E-state index in [2.05, 4.69) is 115 Å². The summed E-state index contributed by atoms with van der Waals surface area (Å²) in [6.07, 6.45) is 19.6. The van der Waals surface area contributed by atoms with E-state index in [4.69, 9.17) is 24.3 Å². The predicted octanol–water partition coefficient (Wildman–Crippen LogP) is 15.9. The summed E-state index contributed by atoms with van der Waals surface area (Å²) in [5.41, 5.74) is 2.00. The minimum atomic E-state index is -0.484. The molecular formula is C76H106O15-4. The van der Waals surface area contributed by atoms with Gasteiger partial charge in [0.1, 0.15) is 17.0 Å². The largest absolute Gasteiger partial charge is 0.872 e. The monoisotopic (exact) mass is 1260 g/mol. The first-order valence-electron chi connectivity index (χ1n) is 33.3. The molecule has 10 aliphatic rings. The summed E-state index contributed by atoms with van der Waals surface area (Å²) in [6.45, 7) is 25.6. The molecule has 15 nitrogen and oxygen atoms in total. The third-order valence-electron chi connectivity index (χ3n) is 17.7. The lowest BCUT2D eigenvalue weighted by molar-refractivity contribution is -0.590. The van der Waals surface area contributed by atoms with Crippen LogP contribution in [0.4, 0.5) is 0 Å². The number of rotatable bonds is 6. The standard InChI is InChI=1S/C19H24O3.C18H22O3.3C8H8O3.5C3H8/c1-18(14-4-3-5-17(11-14)20-2)19(22-21-18)15-7-12-6-13(9-15)10-16(19)8-12;1-17(13-3-2-4-16(19)10-13)18(21-20-17)14-6-11-5-12(8-14)9-15(18)7-11;3*1-11-8(10)6-3-2-4-7(9)5-6;5*1-3-2/h3-5,11-13,15-16H,6-10H2,1-2H3;2-4,10-12,14-15,19H,5-9H2,1H3;3*2-5,9H,1H3;5*3H2,1-2H3/p-4. The Morgan fingerprint density at radius 3 is 0.857 bits per heavy atom. The van der Waals surface area contributed by atoms with Gasteiger partial charge >= 0.3 is 17.9 Å². The van der Waals surface area contributed by atoms with Crippen LogP contribution in [0, 0.1) is 47.3 Å². The summed E-state index contributed by atoms with van der Waals surface area (Å²) >= 11 is 0. The van der Waals surface area contributed by atoms with Crippen molar-refractivity contribution in [3.8, 4) is 28.7 Å². The predicted molar refractivity (Wildman–Crippen MR) is 349 cm³/mol. The zero-order chi connectivity index (χ0) is 67.5. The number of carbonyl (C=O) groups is 3. The van der Waals surface area contributed by atoms with Crippen LogP contribution in [-0.2, 0) is 45.0 Å². The van der Waals surface area contributed by atoms with Crippen molar-refractivity contribution in [2.75, 3.05) is 28.4 Å². The Morgan fingerprint density at radius 2 is 0.626 bits per heavy atom. The van der Waals surface area contributed by atoms with Crippen LogP contribution >= 0.6 is 0 Å². The van der Waals surface area contributed by atoms with Crippen molar-refractivity contribution in [3.63, 3.8) is 0 Å². The van der Waals surface area contributed by atoms with Gasteiger partial charge in [-0.15, -0.1) is 23.0 Å². The van der Waals surface area contributed by atoms with Crippen molar-refractivity contribution >= 4 is 17.9 Å². The number of hydrogen-bond donors (Lipinski definition) is 0. The van der Waals surface area contributed by atoms with Gasteiger partial charge in [-0.3, -0.25) is 0 Å². The van der Waals surface area contributed by atoms with E-state index >= 15 is 0 Å². The van der Waals surface area contributed by atoms with E-state index in [0.717, 1.165) is 35.0 Å². The van der Waals surface area contributed by atoms with Gasteiger partial charge in [-0.1, -0.05) is 192 Å². The molecule has 15 heteroatoms. The Kier molecular flexibility index (Phi) is 31.4. The van der Waals surface area contributed by atoms with Crippen LogP contribution in [0.2, 0.25) is 0 Å². The van der Waals surface area contributed by atoms with Gasteiger partial charge < -0.3 is 39.4 Å². The quantitative estimate of drug-likeness (QED) is 0.0877. The fraction of sp³-hybridized carbons (Fsp3) is 0.566. The second kappa shape index (κ2) is 37.1. The molecule has 0 aromatic heterocycles. The highest BCUT2D eigenvalue weighted by molar-refractivity contribution is 5.90.